The van der Waals surface area contributed by atoms with E-state index in [0.717, 1.165) is 12.1 Å². The number of ether oxygens (including phenoxy) is 1. The number of alkyl halides is 3. The quantitative estimate of drug-likeness (QED) is 0.844. The lowest BCUT2D eigenvalue weighted by atomic mass is 10.3. The molecule has 0 amide bonds. The Morgan fingerprint density at radius 3 is 2.29 bits per heavy atom. The number of para-hydroxylation sites is 1. The Balaban J connectivity index is 3.32. The van der Waals surface area contributed by atoms with Crippen molar-refractivity contribution >= 4 is 9.84 Å². The van der Waals surface area contributed by atoms with Crippen LogP contribution in [-0.2, 0) is 9.84 Å². The molecule has 0 saturated carbocycles. The van der Waals surface area contributed by atoms with Crippen molar-refractivity contribution < 1.29 is 26.3 Å². The summed E-state index contributed by atoms with van der Waals surface area (Å²) in [5.41, 5.74) is 0. The van der Waals surface area contributed by atoms with Crippen molar-refractivity contribution in [3.8, 4) is 5.75 Å². The molecular formula is C10H9F3O3S. The molecule has 0 heterocycles. The molecule has 0 radical (unpaired) electrons. The van der Waals surface area contributed by atoms with Gasteiger partial charge in [-0.1, -0.05) is 18.7 Å². The highest BCUT2D eigenvalue weighted by Gasteiger charge is 2.34. The molecule has 1 aromatic rings. The lowest BCUT2D eigenvalue weighted by Crippen LogP contribution is -2.19. The van der Waals surface area contributed by atoms with Crippen molar-refractivity contribution in [1.29, 1.82) is 0 Å². The SMILES string of the molecule is C=C(C)S(=O)(=O)c1ccccc1OC(F)(F)F. The third kappa shape index (κ3) is 3.23. The third-order valence-corrected chi connectivity index (χ3v) is 3.66. The summed E-state index contributed by atoms with van der Waals surface area (Å²) in [6.45, 7) is 4.41. The summed E-state index contributed by atoms with van der Waals surface area (Å²) in [5, 5.41) is 0. The number of rotatable bonds is 3. The molecule has 0 fully saturated rings. The summed E-state index contributed by atoms with van der Waals surface area (Å²) < 4.78 is 63.2. The van der Waals surface area contributed by atoms with Gasteiger partial charge in [0.05, 0.1) is 0 Å². The van der Waals surface area contributed by atoms with E-state index in [-0.39, 0.29) is 4.91 Å². The number of hydrogen-bond acceptors (Lipinski definition) is 3. The van der Waals surface area contributed by atoms with Gasteiger partial charge in [-0.25, -0.2) is 8.42 Å². The smallest absolute Gasteiger partial charge is 0.404 e. The lowest BCUT2D eigenvalue weighted by Gasteiger charge is -2.13. The molecule has 0 N–H and O–H groups in total. The standard InChI is InChI=1S/C10H9F3O3S/c1-7(2)17(14,15)9-6-4-3-5-8(9)16-10(11,12)13/h3-6H,1H2,2H3. The molecule has 0 atom stereocenters. The molecule has 0 spiro atoms. The zero-order valence-electron chi connectivity index (χ0n) is 8.78. The zero-order valence-corrected chi connectivity index (χ0v) is 9.60. The molecule has 0 aliphatic carbocycles. The van der Waals surface area contributed by atoms with E-state index in [1.807, 2.05) is 0 Å². The minimum Gasteiger partial charge on any atom is -0.404 e. The number of hydrogen-bond donors (Lipinski definition) is 0. The molecule has 3 nitrogen and oxygen atoms in total. The van der Waals surface area contributed by atoms with Crippen LogP contribution in [-0.4, -0.2) is 14.8 Å². The summed E-state index contributed by atoms with van der Waals surface area (Å²) in [7, 11) is -4.00. The highest BCUT2D eigenvalue weighted by molar-refractivity contribution is 7.95. The highest BCUT2D eigenvalue weighted by Crippen LogP contribution is 2.31. The van der Waals surface area contributed by atoms with Gasteiger partial charge in [0, 0.05) is 4.91 Å². The Bertz CT molecular complexity index is 532. The van der Waals surface area contributed by atoms with Gasteiger partial charge < -0.3 is 4.74 Å². The molecule has 0 bridgehead atoms. The van der Waals surface area contributed by atoms with Crippen LogP contribution in [0.4, 0.5) is 13.2 Å². The van der Waals surface area contributed by atoms with Crippen LogP contribution >= 0.6 is 0 Å². The van der Waals surface area contributed by atoms with Crippen molar-refractivity contribution in [2.24, 2.45) is 0 Å². The second-order valence-corrected chi connectivity index (χ2v) is 5.34. The van der Waals surface area contributed by atoms with Gasteiger partial charge >= 0.3 is 6.36 Å². The maximum atomic E-state index is 12.1. The van der Waals surface area contributed by atoms with E-state index in [1.165, 1.54) is 19.1 Å². The summed E-state index contributed by atoms with van der Waals surface area (Å²) in [4.78, 5) is -0.805. The molecule has 0 aromatic heterocycles. The molecule has 1 aromatic carbocycles. The predicted molar refractivity (Wildman–Crippen MR) is 55.1 cm³/mol. The monoisotopic (exact) mass is 266 g/mol. The van der Waals surface area contributed by atoms with E-state index in [4.69, 9.17) is 0 Å². The van der Waals surface area contributed by atoms with Crippen LogP contribution in [0.25, 0.3) is 0 Å². The van der Waals surface area contributed by atoms with E-state index in [0.29, 0.717) is 0 Å². The van der Waals surface area contributed by atoms with Crippen molar-refractivity contribution in [3.05, 3.63) is 35.7 Å². The van der Waals surface area contributed by atoms with Crippen LogP contribution < -0.4 is 4.74 Å². The van der Waals surface area contributed by atoms with Crippen molar-refractivity contribution in [2.45, 2.75) is 18.2 Å². The molecule has 7 heteroatoms. The molecule has 0 unspecified atom stereocenters. The molecule has 17 heavy (non-hydrogen) atoms. The summed E-state index contributed by atoms with van der Waals surface area (Å²) in [6.07, 6.45) is -4.94. The topological polar surface area (TPSA) is 43.4 Å². The number of allylic oxidation sites excluding steroid dienone is 1. The Labute approximate surface area is 96.4 Å². The van der Waals surface area contributed by atoms with Gasteiger partial charge in [0.15, 0.2) is 0 Å². The molecule has 0 aliphatic heterocycles. The van der Waals surface area contributed by atoms with Crippen LogP contribution in [0, 0.1) is 0 Å². The average Bonchev–Trinajstić information content (AvgIpc) is 2.15. The van der Waals surface area contributed by atoms with E-state index < -0.39 is 26.8 Å². The first kappa shape index (κ1) is 13.6. The maximum absolute atomic E-state index is 12.1. The van der Waals surface area contributed by atoms with Crippen molar-refractivity contribution in [2.75, 3.05) is 0 Å². The molecular weight excluding hydrogens is 257 g/mol. The van der Waals surface area contributed by atoms with Gasteiger partial charge in [0.25, 0.3) is 0 Å². The largest absolute Gasteiger partial charge is 0.573 e. The van der Waals surface area contributed by atoms with Gasteiger partial charge in [-0.05, 0) is 19.1 Å². The van der Waals surface area contributed by atoms with E-state index in [1.54, 1.807) is 0 Å². The van der Waals surface area contributed by atoms with E-state index in [9.17, 15) is 21.6 Å². The Morgan fingerprint density at radius 2 is 1.82 bits per heavy atom. The van der Waals surface area contributed by atoms with Crippen LogP contribution in [0.3, 0.4) is 0 Å². The van der Waals surface area contributed by atoms with Crippen LogP contribution in [0.2, 0.25) is 0 Å². The summed E-state index contributed by atoms with van der Waals surface area (Å²) >= 11 is 0. The van der Waals surface area contributed by atoms with Gasteiger partial charge in [0.1, 0.15) is 10.6 Å². The van der Waals surface area contributed by atoms with Crippen LogP contribution in [0.15, 0.2) is 40.6 Å². The Morgan fingerprint density at radius 1 is 1.29 bits per heavy atom. The summed E-state index contributed by atoms with van der Waals surface area (Å²) in [5.74, 6) is -0.761. The van der Waals surface area contributed by atoms with Gasteiger partial charge in [-0.15, -0.1) is 13.2 Å². The molecule has 1 rings (SSSR count). The van der Waals surface area contributed by atoms with Crippen molar-refractivity contribution in [1.82, 2.24) is 0 Å². The normalized spacial score (nSPS) is 12.2. The van der Waals surface area contributed by atoms with Crippen LogP contribution in [0.5, 0.6) is 5.75 Å². The zero-order chi connectivity index (χ0) is 13.3. The van der Waals surface area contributed by atoms with Gasteiger partial charge in [-0.3, -0.25) is 0 Å². The second kappa shape index (κ2) is 4.40. The number of sulfone groups is 1. The lowest BCUT2D eigenvalue weighted by molar-refractivity contribution is -0.275. The Kier molecular flexibility index (Phi) is 3.51. The average molecular weight is 266 g/mol. The first-order chi connectivity index (χ1) is 7.64. The first-order valence-corrected chi connectivity index (χ1v) is 5.88. The predicted octanol–water partition coefficient (Wildman–Crippen LogP) is 2.89. The fourth-order valence-electron chi connectivity index (χ4n) is 1.07. The highest BCUT2D eigenvalue weighted by atomic mass is 32.2. The van der Waals surface area contributed by atoms with Crippen LogP contribution in [0.1, 0.15) is 6.92 Å². The Hall–Kier alpha value is -1.50. The number of halogens is 3. The minimum atomic E-state index is -4.94. The first-order valence-electron chi connectivity index (χ1n) is 4.40. The molecule has 94 valence electrons. The fourth-order valence-corrected chi connectivity index (χ4v) is 2.08. The van der Waals surface area contributed by atoms with E-state index in [2.05, 4.69) is 11.3 Å². The maximum Gasteiger partial charge on any atom is 0.573 e. The van der Waals surface area contributed by atoms with Crippen molar-refractivity contribution in [3.63, 3.8) is 0 Å². The summed E-state index contributed by atoms with van der Waals surface area (Å²) in [6, 6.07) is 4.52. The molecule has 0 aliphatic rings. The minimum absolute atomic E-state index is 0.254. The van der Waals surface area contributed by atoms with E-state index >= 15 is 0 Å². The second-order valence-electron chi connectivity index (χ2n) is 3.20. The third-order valence-electron chi connectivity index (χ3n) is 1.82. The van der Waals surface area contributed by atoms with Gasteiger partial charge in [0.2, 0.25) is 9.84 Å². The number of benzene rings is 1. The van der Waals surface area contributed by atoms with Gasteiger partial charge in [-0.2, -0.15) is 0 Å². The molecule has 0 saturated heterocycles. The fraction of sp³-hybridized carbons (Fsp3) is 0.200.